The number of amides is 5. The number of imide groups is 1. The lowest BCUT2D eigenvalue weighted by atomic mass is 9.67. The van der Waals surface area contributed by atoms with Crippen LogP contribution in [0.5, 0.6) is 0 Å². The normalized spacial score (nSPS) is 24.1. The molecule has 0 aromatic heterocycles. The number of hydrogen-bond donors (Lipinski definition) is 3. The van der Waals surface area contributed by atoms with E-state index in [2.05, 4.69) is 31.4 Å². The van der Waals surface area contributed by atoms with Crippen molar-refractivity contribution in [3.05, 3.63) is 29.3 Å². The molecular formula is C22H30N4O4. The first-order valence-electron chi connectivity index (χ1n) is 10.3. The van der Waals surface area contributed by atoms with E-state index in [0.29, 0.717) is 35.6 Å². The van der Waals surface area contributed by atoms with Gasteiger partial charge in [0.1, 0.15) is 12.1 Å². The zero-order valence-electron chi connectivity index (χ0n) is 18.0. The van der Waals surface area contributed by atoms with Gasteiger partial charge in [-0.1, -0.05) is 26.8 Å². The van der Waals surface area contributed by atoms with Crippen molar-refractivity contribution in [3.8, 4) is 0 Å². The fourth-order valence-corrected chi connectivity index (χ4v) is 4.51. The average molecular weight is 415 g/mol. The van der Waals surface area contributed by atoms with E-state index in [1.807, 2.05) is 0 Å². The molecule has 0 unspecified atom stereocenters. The smallest absolute Gasteiger partial charge is 0.325 e. The number of anilines is 1. The molecule has 1 saturated heterocycles. The molecule has 2 aliphatic rings. The molecule has 1 spiro atoms. The zero-order chi connectivity index (χ0) is 22.3. The van der Waals surface area contributed by atoms with Crippen LogP contribution in [0.4, 0.5) is 10.5 Å². The minimum atomic E-state index is -0.902. The van der Waals surface area contributed by atoms with Crippen molar-refractivity contribution < 1.29 is 19.2 Å². The van der Waals surface area contributed by atoms with Crippen molar-refractivity contribution in [1.29, 1.82) is 0 Å². The van der Waals surface area contributed by atoms with E-state index < -0.39 is 23.4 Å². The van der Waals surface area contributed by atoms with E-state index >= 15 is 0 Å². The zero-order valence-corrected chi connectivity index (χ0v) is 18.0. The van der Waals surface area contributed by atoms with Crippen LogP contribution < -0.4 is 16.4 Å². The Kier molecular flexibility index (Phi) is 5.62. The maximum atomic E-state index is 13.0. The Hall–Kier alpha value is -2.90. The highest BCUT2D eigenvalue weighted by Gasteiger charge is 2.53. The molecule has 0 radical (unpaired) electrons. The minimum Gasteiger partial charge on any atom is -0.366 e. The van der Waals surface area contributed by atoms with E-state index in [1.54, 1.807) is 25.1 Å². The van der Waals surface area contributed by atoms with E-state index in [0.717, 1.165) is 17.7 Å². The largest absolute Gasteiger partial charge is 0.366 e. The molecule has 1 aromatic carbocycles. The van der Waals surface area contributed by atoms with Gasteiger partial charge in [-0.15, -0.1) is 0 Å². The van der Waals surface area contributed by atoms with Crippen molar-refractivity contribution in [2.75, 3.05) is 11.9 Å². The van der Waals surface area contributed by atoms with Crippen molar-refractivity contribution in [3.63, 3.8) is 0 Å². The summed E-state index contributed by atoms with van der Waals surface area (Å²) in [5.74, 6) is -0.947. The Morgan fingerprint density at radius 2 is 1.87 bits per heavy atom. The van der Waals surface area contributed by atoms with Crippen molar-refractivity contribution in [2.45, 2.75) is 58.9 Å². The number of carbonyl (C=O) groups is 4. The molecule has 1 aliphatic carbocycles. The molecule has 0 bridgehead atoms. The first-order chi connectivity index (χ1) is 13.9. The second-order valence-corrected chi connectivity index (χ2v) is 9.43. The van der Waals surface area contributed by atoms with Crippen LogP contribution in [0.15, 0.2) is 18.2 Å². The van der Waals surface area contributed by atoms with Crippen molar-refractivity contribution in [2.24, 2.45) is 17.1 Å². The predicted octanol–water partition coefficient (Wildman–Crippen LogP) is 2.56. The van der Waals surface area contributed by atoms with Crippen LogP contribution >= 0.6 is 0 Å². The Morgan fingerprint density at radius 3 is 2.43 bits per heavy atom. The Morgan fingerprint density at radius 1 is 1.23 bits per heavy atom. The van der Waals surface area contributed by atoms with Gasteiger partial charge in [-0.2, -0.15) is 0 Å². The van der Waals surface area contributed by atoms with Crippen LogP contribution in [-0.4, -0.2) is 40.7 Å². The summed E-state index contributed by atoms with van der Waals surface area (Å²) in [6.45, 7) is 7.87. The summed E-state index contributed by atoms with van der Waals surface area (Å²) in [7, 11) is 0. The highest BCUT2D eigenvalue weighted by Crippen LogP contribution is 2.43. The molecule has 162 valence electrons. The van der Waals surface area contributed by atoms with E-state index in [-0.39, 0.29) is 17.9 Å². The van der Waals surface area contributed by atoms with Gasteiger partial charge in [0.2, 0.25) is 11.8 Å². The third-order valence-corrected chi connectivity index (χ3v) is 6.48. The molecule has 8 nitrogen and oxygen atoms in total. The molecule has 1 aromatic rings. The molecule has 0 atom stereocenters. The quantitative estimate of drug-likeness (QED) is 0.656. The number of urea groups is 1. The summed E-state index contributed by atoms with van der Waals surface area (Å²) >= 11 is 0. The molecule has 1 aliphatic heterocycles. The fourth-order valence-electron chi connectivity index (χ4n) is 4.51. The Labute approximate surface area is 176 Å². The fraction of sp³-hybridized carbons (Fsp3) is 0.545. The summed E-state index contributed by atoms with van der Waals surface area (Å²) in [6.07, 6.45) is 2.87. The lowest BCUT2D eigenvalue weighted by molar-refractivity contribution is -0.135. The van der Waals surface area contributed by atoms with E-state index in [4.69, 9.17) is 5.73 Å². The van der Waals surface area contributed by atoms with E-state index in [9.17, 15) is 19.2 Å². The molecular weight excluding hydrogens is 384 g/mol. The highest BCUT2D eigenvalue weighted by atomic mass is 16.2. The number of benzene rings is 1. The Bertz CT molecular complexity index is 895. The number of primary amides is 1. The van der Waals surface area contributed by atoms with E-state index in [1.165, 1.54) is 0 Å². The monoisotopic (exact) mass is 414 g/mol. The molecule has 3 rings (SSSR count). The number of nitrogens with one attached hydrogen (secondary N) is 2. The molecule has 2 fully saturated rings. The second-order valence-electron chi connectivity index (χ2n) is 9.43. The van der Waals surface area contributed by atoms with Gasteiger partial charge in [0.15, 0.2) is 0 Å². The SMILES string of the molecule is Cc1c(NC(=O)CN2C(=O)NC3(CCC(C(C)(C)C)CC3)C2=O)cccc1C(N)=O. The molecule has 8 heteroatoms. The van der Waals surface area contributed by atoms with Crippen LogP contribution in [0.3, 0.4) is 0 Å². The maximum Gasteiger partial charge on any atom is 0.325 e. The lowest BCUT2D eigenvalue weighted by Gasteiger charge is -2.40. The summed E-state index contributed by atoms with van der Waals surface area (Å²) in [5.41, 5.74) is 5.85. The molecule has 1 saturated carbocycles. The number of hydrogen-bond acceptors (Lipinski definition) is 4. The minimum absolute atomic E-state index is 0.157. The highest BCUT2D eigenvalue weighted by molar-refractivity contribution is 6.10. The van der Waals surface area contributed by atoms with Crippen LogP contribution in [-0.2, 0) is 9.59 Å². The number of nitrogens with two attached hydrogens (primary N) is 1. The number of rotatable bonds is 4. The van der Waals surface area contributed by atoms with Gasteiger partial charge in [-0.05, 0) is 61.6 Å². The first kappa shape index (κ1) is 21.8. The lowest BCUT2D eigenvalue weighted by Crippen LogP contribution is -2.51. The van der Waals surface area contributed by atoms with Gasteiger partial charge in [-0.3, -0.25) is 19.3 Å². The van der Waals surface area contributed by atoms with Gasteiger partial charge in [0.25, 0.3) is 5.91 Å². The van der Waals surface area contributed by atoms with Crippen LogP contribution in [0.2, 0.25) is 0 Å². The van der Waals surface area contributed by atoms with Crippen LogP contribution in [0.25, 0.3) is 0 Å². The molecule has 1 heterocycles. The Balaban J connectivity index is 1.67. The number of carbonyl (C=O) groups excluding carboxylic acids is 4. The first-order valence-corrected chi connectivity index (χ1v) is 10.3. The third kappa shape index (κ3) is 4.04. The van der Waals surface area contributed by atoms with Gasteiger partial charge < -0.3 is 16.4 Å². The van der Waals surface area contributed by atoms with Crippen LogP contribution in [0.1, 0.15) is 62.4 Å². The van der Waals surface area contributed by atoms with Crippen molar-refractivity contribution in [1.82, 2.24) is 10.2 Å². The molecule has 5 amide bonds. The second kappa shape index (κ2) is 7.74. The van der Waals surface area contributed by atoms with Gasteiger partial charge in [0.05, 0.1) is 0 Å². The summed E-state index contributed by atoms with van der Waals surface area (Å²) < 4.78 is 0. The van der Waals surface area contributed by atoms with Gasteiger partial charge in [0, 0.05) is 11.3 Å². The predicted molar refractivity (Wildman–Crippen MR) is 113 cm³/mol. The molecule has 30 heavy (non-hydrogen) atoms. The van der Waals surface area contributed by atoms with Gasteiger partial charge >= 0.3 is 6.03 Å². The topological polar surface area (TPSA) is 122 Å². The molecule has 4 N–H and O–H groups in total. The summed E-state index contributed by atoms with van der Waals surface area (Å²) in [6, 6.07) is 4.29. The maximum absolute atomic E-state index is 13.0. The van der Waals surface area contributed by atoms with Crippen LogP contribution in [0, 0.1) is 18.3 Å². The van der Waals surface area contributed by atoms with Gasteiger partial charge in [-0.25, -0.2) is 4.79 Å². The summed E-state index contributed by atoms with van der Waals surface area (Å²) in [4.78, 5) is 50.6. The summed E-state index contributed by atoms with van der Waals surface area (Å²) in [5, 5.41) is 5.51. The average Bonchev–Trinajstić information content (AvgIpc) is 2.87. The third-order valence-electron chi connectivity index (χ3n) is 6.48. The number of nitrogens with zero attached hydrogens (tertiary/aromatic N) is 1. The standard InChI is InChI=1S/C22H30N4O4/c1-13-15(18(23)28)6-5-7-16(13)24-17(27)12-26-19(29)22(25-20(26)30)10-8-14(9-11-22)21(2,3)4/h5-7,14H,8-12H2,1-4H3,(H2,23,28)(H,24,27)(H,25,30). The van der Waals surface area contributed by atoms with Crippen molar-refractivity contribution >= 4 is 29.4 Å².